The highest BCUT2D eigenvalue weighted by atomic mass is 19.1. The molecule has 4 aromatic rings. The molecule has 0 spiro atoms. The molecule has 4 aromatic heterocycles. The lowest BCUT2D eigenvalue weighted by atomic mass is 9.82. The van der Waals surface area contributed by atoms with Crippen molar-refractivity contribution in [2.45, 2.75) is 26.2 Å². The fourth-order valence-electron chi connectivity index (χ4n) is 4.29. The maximum absolute atomic E-state index is 15.0. The van der Waals surface area contributed by atoms with Gasteiger partial charge in [-0.05, 0) is 50.6 Å². The van der Waals surface area contributed by atoms with Gasteiger partial charge in [-0.1, -0.05) is 6.07 Å². The van der Waals surface area contributed by atoms with Crippen LogP contribution in [0.25, 0.3) is 28.2 Å². The summed E-state index contributed by atoms with van der Waals surface area (Å²) in [7, 11) is 0. The summed E-state index contributed by atoms with van der Waals surface area (Å²) >= 11 is 0. The van der Waals surface area contributed by atoms with Crippen LogP contribution in [0.5, 0.6) is 0 Å². The van der Waals surface area contributed by atoms with Crippen LogP contribution in [0.1, 0.15) is 30.8 Å². The molecule has 0 radical (unpaired) electrons. The van der Waals surface area contributed by atoms with Crippen LogP contribution in [0.3, 0.4) is 0 Å². The van der Waals surface area contributed by atoms with Crippen molar-refractivity contribution in [3.63, 3.8) is 0 Å². The fraction of sp³-hybridized carbons (Fsp3) is 0.167. The SMILES string of the molecule is Cc1cc(F)nc(F)c1-c1cccc2[n+]1-c1cc(F)nc(F)c1-c1cccc(n1)C2(C)C. The number of aryl methyl sites for hydroxylation is 1. The number of rotatable bonds is 1. The van der Waals surface area contributed by atoms with Crippen LogP contribution in [0.4, 0.5) is 17.6 Å². The number of halogens is 4. The van der Waals surface area contributed by atoms with Gasteiger partial charge in [-0.25, -0.2) is 0 Å². The molecular weight excluding hydrogens is 420 g/mol. The number of hydrogen-bond donors (Lipinski definition) is 0. The van der Waals surface area contributed by atoms with Crippen LogP contribution in [-0.4, -0.2) is 15.0 Å². The van der Waals surface area contributed by atoms with Gasteiger partial charge in [-0.15, -0.1) is 0 Å². The van der Waals surface area contributed by atoms with E-state index >= 15 is 4.39 Å². The van der Waals surface area contributed by atoms with Crippen molar-refractivity contribution >= 4 is 0 Å². The average molecular weight is 437 g/mol. The molecule has 1 aliphatic rings. The van der Waals surface area contributed by atoms with Gasteiger partial charge in [0.05, 0.1) is 22.9 Å². The molecule has 5 rings (SSSR count). The summed E-state index contributed by atoms with van der Waals surface area (Å²) in [5, 5.41) is 0. The lowest BCUT2D eigenvalue weighted by Crippen LogP contribution is -2.46. The Hall–Kier alpha value is -3.68. The Kier molecular flexibility index (Phi) is 4.37. The molecule has 8 heteroatoms. The van der Waals surface area contributed by atoms with E-state index < -0.39 is 29.2 Å². The van der Waals surface area contributed by atoms with E-state index in [4.69, 9.17) is 0 Å². The average Bonchev–Trinajstić information content (AvgIpc) is 2.72. The van der Waals surface area contributed by atoms with Crippen LogP contribution in [0, 0.1) is 30.7 Å². The van der Waals surface area contributed by atoms with Gasteiger partial charge in [0.2, 0.25) is 35.2 Å². The number of pyridine rings is 4. The Balaban J connectivity index is 2.00. The maximum Gasteiger partial charge on any atom is 0.231 e. The van der Waals surface area contributed by atoms with E-state index in [9.17, 15) is 13.2 Å². The third-order valence-electron chi connectivity index (χ3n) is 5.84. The van der Waals surface area contributed by atoms with Crippen molar-refractivity contribution < 1.29 is 22.1 Å². The van der Waals surface area contributed by atoms with Crippen LogP contribution < -0.4 is 4.57 Å². The second-order valence-corrected chi connectivity index (χ2v) is 8.22. The zero-order valence-corrected chi connectivity index (χ0v) is 17.4. The molecule has 2 bridgehead atoms. The van der Waals surface area contributed by atoms with Crippen LogP contribution >= 0.6 is 0 Å². The molecule has 160 valence electrons. The first kappa shape index (κ1) is 20.2. The molecule has 4 nitrogen and oxygen atoms in total. The number of nitrogens with zero attached hydrogens (tertiary/aromatic N) is 4. The largest absolute Gasteiger partial charge is 0.251 e. The smallest absolute Gasteiger partial charge is 0.231 e. The van der Waals surface area contributed by atoms with Crippen LogP contribution in [0.2, 0.25) is 0 Å². The van der Waals surface area contributed by atoms with Gasteiger partial charge in [0.1, 0.15) is 11.1 Å². The summed E-state index contributed by atoms with van der Waals surface area (Å²) in [6.07, 6.45) is 0. The molecule has 0 N–H and O–H groups in total. The van der Waals surface area contributed by atoms with Gasteiger partial charge >= 0.3 is 0 Å². The van der Waals surface area contributed by atoms with E-state index in [0.717, 1.165) is 12.1 Å². The molecule has 0 amide bonds. The highest BCUT2D eigenvalue weighted by Gasteiger charge is 2.41. The van der Waals surface area contributed by atoms with E-state index in [1.807, 2.05) is 19.9 Å². The predicted octanol–water partition coefficient (Wildman–Crippen LogP) is 4.99. The van der Waals surface area contributed by atoms with Gasteiger partial charge < -0.3 is 0 Å². The van der Waals surface area contributed by atoms with Gasteiger partial charge in [-0.2, -0.15) is 32.1 Å². The molecule has 0 aromatic carbocycles. The summed E-state index contributed by atoms with van der Waals surface area (Å²) in [4.78, 5) is 11.3. The van der Waals surface area contributed by atoms with E-state index in [1.54, 1.807) is 41.8 Å². The summed E-state index contributed by atoms with van der Waals surface area (Å²) < 4.78 is 59.6. The third-order valence-corrected chi connectivity index (χ3v) is 5.84. The maximum atomic E-state index is 15.0. The molecule has 1 aliphatic heterocycles. The van der Waals surface area contributed by atoms with Gasteiger partial charge in [-0.3, -0.25) is 4.98 Å². The lowest BCUT2D eigenvalue weighted by molar-refractivity contribution is -0.596. The van der Waals surface area contributed by atoms with E-state index in [2.05, 4.69) is 15.0 Å². The van der Waals surface area contributed by atoms with Crippen molar-refractivity contribution in [3.8, 4) is 28.2 Å². The highest BCUT2D eigenvalue weighted by molar-refractivity contribution is 5.70. The molecule has 5 heterocycles. The summed E-state index contributed by atoms with van der Waals surface area (Å²) in [5.74, 6) is -4.03. The first-order chi connectivity index (χ1) is 15.2. The number of hydrogen-bond acceptors (Lipinski definition) is 3. The first-order valence-electron chi connectivity index (χ1n) is 9.91. The molecular formula is C24H17F4N4+. The molecule has 0 saturated heterocycles. The third kappa shape index (κ3) is 2.90. The van der Waals surface area contributed by atoms with Crippen molar-refractivity contribution in [3.05, 3.63) is 89.3 Å². The first-order valence-corrected chi connectivity index (χ1v) is 9.91. The molecule has 0 unspecified atom stereocenters. The zero-order chi connectivity index (χ0) is 22.8. The van der Waals surface area contributed by atoms with Gasteiger partial charge in [0.25, 0.3) is 0 Å². The van der Waals surface area contributed by atoms with Crippen molar-refractivity contribution in [2.75, 3.05) is 0 Å². The monoisotopic (exact) mass is 437 g/mol. The molecule has 0 fully saturated rings. The predicted molar refractivity (Wildman–Crippen MR) is 109 cm³/mol. The summed E-state index contributed by atoms with van der Waals surface area (Å²) in [6, 6.07) is 12.5. The van der Waals surface area contributed by atoms with E-state index in [1.165, 1.54) is 0 Å². The Labute approximate surface area is 181 Å². The van der Waals surface area contributed by atoms with Crippen LogP contribution in [0.15, 0.2) is 48.5 Å². The topological polar surface area (TPSA) is 42.5 Å². The Bertz CT molecular complexity index is 1390. The Morgan fingerprint density at radius 2 is 1.44 bits per heavy atom. The van der Waals surface area contributed by atoms with Gasteiger partial charge in [0, 0.05) is 12.1 Å². The molecule has 0 saturated carbocycles. The van der Waals surface area contributed by atoms with Crippen molar-refractivity contribution in [1.29, 1.82) is 0 Å². The number of fused-ring (bicyclic) bond motifs is 6. The summed E-state index contributed by atoms with van der Waals surface area (Å²) in [5.41, 5.74) is 1.49. The van der Waals surface area contributed by atoms with Crippen LogP contribution in [-0.2, 0) is 5.41 Å². The minimum atomic E-state index is -1.04. The number of aromatic nitrogens is 4. The lowest BCUT2D eigenvalue weighted by Gasteiger charge is -2.26. The normalized spacial score (nSPS) is 13.7. The highest BCUT2D eigenvalue weighted by Crippen LogP contribution is 2.37. The van der Waals surface area contributed by atoms with Crippen molar-refractivity contribution in [1.82, 2.24) is 15.0 Å². The fourth-order valence-corrected chi connectivity index (χ4v) is 4.29. The molecule has 32 heavy (non-hydrogen) atoms. The Morgan fingerprint density at radius 1 is 0.781 bits per heavy atom. The summed E-state index contributed by atoms with van der Waals surface area (Å²) in [6.45, 7) is 5.38. The minimum Gasteiger partial charge on any atom is -0.251 e. The Morgan fingerprint density at radius 3 is 2.16 bits per heavy atom. The minimum absolute atomic E-state index is 0.0180. The molecule has 0 atom stereocenters. The van der Waals surface area contributed by atoms with E-state index in [-0.39, 0.29) is 28.2 Å². The second kappa shape index (κ2) is 6.91. The van der Waals surface area contributed by atoms with Gasteiger partial charge in [0.15, 0.2) is 5.69 Å². The van der Waals surface area contributed by atoms with E-state index in [0.29, 0.717) is 17.0 Å². The zero-order valence-electron chi connectivity index (χ0n) is 17.4. The second-order valence-electron chi connectivity index (χ2n) is 8.22. The molecule has 0 aliphatic carbocycles. The van der Waals surface area contributed by atoms with Crippen molar-refractivity contribution in [2.24, 2.45) is 0 Å². The quantitative estimate of drug-likeness (QED) is 0.240. The standard InChI is InChI=1S/C24H17F4N4/c1-12-10-18(25)30-22(27)20(12)14-7-5-9-17-24(2,3)16-8-4-6-13(29-16)21-15(32(14)17)11-19(26)31-23(21)28/h4-11H,1-3H3/q+1.